The van der Waals surface area contributed by atoms with Crippen LogP contribution in [0.15, 0.2) is 96.5 Å². The van der Waals surface area contributed by atoms with E-state index in [-0.39, 0.29) is 93.8 Å². The van der Waals surface area contributed by atoms with Gasteiger partial charge in [0.25, 0.3) is 5.91 Å². The number of hydrogen-bond donors (Lipinski definition) is 7. The summed E-state index contributed by atoms with van der Waals surface area (Å²) < 4.78 is 45.2. The maximum Gasteiger partial charge on any atom is 0.335 e. The second-order valence-electron chi connectivity index (χ2n) is 17.6. The normalized spacial score (nSPS) is 15.5. The molecule has 1 aliphatic rings. The van der Waals surface area contributed by atoms with E-state index in [9.17, 15) is 29.4 Å². The highest BCUT2D eigenvalue weighted by Gasteiger charge is 2.36. The first-order valence-electron chi connectivity index (χ1n) is 23.5. The number of amides is 3. The third-order valence-corrected chi connectivity index (χ3v) is 12.3. The third-order valence-electron chi connectivity index (χ3n) is 11.6. The molecule has 0 bridgehead atoms. The van der Waals surface area contributed by atoms with Gasteiger partial charge in [-0.2, -0.15) is 0 Å². The zero-order valence-corrected chi connectivity index (χ0v) is 40.9. The van der Waals surface area contributed by atoms with Crippen LogP contribution in [0.1, 0.15) is 60.7 Å². The van der Waals surface area contributed by atoms with Crippen LogP contribution in [-0.2, 0) is 47.0 Å². The van der Waals surface area contributed by atoms with E-state index in [1.807, 2.05) is 63.2 Å². The standard InChI is InChI=1S/C52H63FN6O11S/c1-33(2)27-43(58-49(63)47(61)42(54)28-34-7-5-4-6-8-34)48(62)55-17-19-66-20-21-67-22-23-68-24-25-69-44-29-37-15-16-57-52(3,32-46(60)59-51-56-18-26-71-51)40(37)31-45(44)70-38-13-14-39(41(53)30-38)35-9-11-36(12-10-35)50(64)65/h4-14,18,26,29-31,33,42-43,47,57,61H,15-17,19-25,27-28,32,54H2,1-3H3,(H,55,62)(H,58,63)(H,64,65)(H,56,59,60)/t42?,43?,47?,52-/m1/s1. The number of aromatic carboxylic acids is 1. The van der Waals surface area contributed by atoms with Gasteiger partial charge in [-0.3, -0.25) is 14.4 Å². The van der Waals surface area contributed by atoms with Crippen LogP contribution < -0.4 is 36.5 Å². The van der Waals surface area contributed by atoms with Crippen molar-refractivity contribution in [3.63, 3.8) is 0 Å². The molecule has 0 saturated heterocycles. The Morgan fingerprint density at radius 1 is 0.887 bits per heavy atom. The molecule has 4 aromatic carbocycles. The minimum Gasteiger partial charge on any atom is -0.487 e. The van der Waals surface area contributed by atoms with Gasteiger partial charge in [0.1, 0.15) is 30.3 Å². The van der Waals surface area contributed by atoms with Crippen molar-refractivity contribution in [3.05, 3.63) is 125 Å². The van der Waals surface area contributed by atoms with Gasteiger partial charge in [-0.1, -0.05) is 56.3 Å². The van der Waals surface area contributed by atoms with E-state index < -0.39 is 41.4 Å². The summed E-state index contributed by atoms with van der Waals surface area (Å²) in [5.41, 5.74) is 8.87. The summed E-state index contributed by atoms with van der Waals surface area (Å²) in [4.78, 5) is 54.5. The Morgan fingerprint density at radius 3 is 2.25 bits per heavy atom. The molecule has 5 aromatic rings. The van der Waals surface area contributed by atoms with Gasteiger partial charge in [0.05, 0.1) is 45.2 Å². The molecule has 0 saturated carbocycles. The predicted molar refractivity (Wildman–Crippen MR) is 266 cm³/mol. The molecule has 19 heteroatoms. The van der Waals surface area contributed by atoms with Crippen molar-refractivity contribution in [2.24, 2.45) is 11.7 Å². The Bertz CT molecular complexity index is 2520. The zero-order valence-electron chi connectivity index (χ0n) is 40.1. The largest absolute Gasteiger partial charge is 0.487 e. The summed E-state index contributed by atoms with van der Waals surface area (Å²) >= 11 is 1.33. The number of nitrogens with zero attached hydrogens (tertiary/aromatic N) is 1. The van der Waals surface area contributed by atoms with Gasteiger partial charge in [-0.15, -0.1) is 11.3 Å². The Labute approximate surface area is 416 Å². The monoisotopic (exact) mass is 998 g/mol. The Hall–Kier alpha value is -6.32. The number of benzene rings is 4. The number of aliphatic hydroxyl groups is 1. The van der Waals surface area contributed by atoms with Crippen molar-refractivity contribution in [2.75, 3.05) is 64.7 Å². The Morgan fingerprint density at radius 2 is 1.59 bits per heavy atom. The second kappa shape index (κ2) is 26.8. The number of halogens is 1. The molecule has 0 aliphatic carbocycles. The summed E-state index contributed by atoms with van der Waals surface area (Å²) in [7, 11) is 0. The highest BCUT2D eigenvalue weighted by molar-refractivity contribution is 7.13. The van der Waals surface area contributed by atoms with Gasteiger partial charge in [0.15, 0.2) is 16.6 Å². The smallest absolute Gasteiger partial charge is 0.335 e. The number of aromatic nitrogens is 1. The minimum absolute atomic E-state index is 0.0901. The minimum atomic E-state index is -1.49. The van der Waals surface area contributed by atoms with Gasteiger partial charge < -0.3 is 60.9 Å². The molecule has 0 fully saturated rings. The van der Waals surface area contributed by atoms with Crippen LogP contribution in [0.4, 0.5) is 9.52 Å². The molecule has 1 aromatic heterocycles. The molecular weight excluding hydrogens is 936 g/mol. The van der Waals surface area contributed by atoms with Gasteiger partial charge in [-0.25, -0.2) is 14.2 Å². The lowest BCUT2D eigenvalue weighted by Crippen LogP contribution is -2.54. The first-order valence-corrected chi connectivity index (χ1v) is 24.4. The molecule has 3 unspecified atom stereocenters. The lowest BCUT2D eigenvalue weighted by molar-refractivity contribution is -0.135. The summed E-state index contributed by atoms with van der Waals surface area (Å²) in [6.07, 6.45) is 1.56. The maximum atomic E-state index is 15.6. The number of nitrogens with one attached hydrogen (secondary N) is 4. The fourth-order valence-corrected chi connectivity index (χ4v) is 8.54. The molecule has 1 aliphatic heterocycles. The number of hydrogen-bond acceptors (Lipinski definition) is 14. The van der Waals surface area contributed by atoms with Crippen LogP contribution in [-0.4, -0.2) is 116 Å². The Kier molecular flexibility index (Phi) is 20.4. The van der Waals surface area contributed by atoms with Crippen LogP contribution in [0.5, 0.6) is 17.2 Å². The molecule has 3 amide bonds. The van der Waals surface area contributed by atoms with E-state index in [1.54, 1.807) is 35.8 Å². The molecule has 380 valence electrons. The molecule has 8 N–H and O–H groups in total. The highest BCUT2D eigenvalue weighted by Crippen LogP contribution is 2.42. The molecule has 4 atom stereocenters. The number of carboxylic acids is 1. The van der Waals surface area contributed by atoms with Gasteiger partial charge in [0.2, 0.25) is 11.8 Å². The average molecular weight is 999 g/mol. The fourth-order valence-electron chi connectivity index (χ4n) is 8.00. The SMILES string of the molecule is CC(C)CC(NC(=O)C(O)C(N)Cc1ccccc1)C(=O)NCCOCCOCCOCCOc1cc2c(cc1Oc1ccc(-c3ccc(C(=O)O)cc3)c(F)c1)[C@@](C)(CC(=O)Nc1nccs1)NCC2. The number of thiazole rings is 1. The van der Waals surface area contributed by atoms with E-state index in [0.717, 1.165) is 16.7 Å². The summed E-state index contributed by atoms with van der Waals surface area (Å²) in [5.74, 6) is -1.96. The molecule has 6 rings (SSSR count). The molecule has 0 radical (unpaired) electrons. The number of carbonyl (C=O) groups is 4. The molecule has 0 spiro atoms. The van der Waals surface area contributed by atoms with E-state index in [4.69, 9.17) is 29.4 Å². The average Bonchev–Trinajstić information content (AvgIpc) is 3.85. The lowest BCUT2D eigenvalue weighted by Gasteiger charge is -2.37. The van der Waals surface area contributed by atoms with Crippen LogP contribution in [0.25, 0.3) is 11.1 Å². The first kappa shape index (κ1) is 54.0. The van der Waals surface area contributed by atoms with Crippen LogP contribution >= 0.6 is 11.3 Å². The molecule has 2 heterocycles. The van der Waals surface area contributed by atoms with Crippen molar-refractivity contribution in [3.8, 4) is 28.4 Å². The quantitative estimate of drug-likeness (QED) is 0.0292. The van der Waals surface area contributed by atoms with Gasteiger partial charge in [0, 0.05) is 54.3 Å². The number of carbonyl (C=O) groups excluding carboxylic acids is 3. The molecular formula is C52H63FN6O11S. The van der Waals surface area contributed by atoms with Crippen LogP contribution in [0.2, 0.25) is 0 Å². The van der Waals surface area contributed by atoms with E-state index >= 15 is 4.39 Å². The van der Waals surface area contributed by atoms with E-state index in [1.165, 1.54) is 29.5 Å². The molecule has 17 nitrogen and oxygen atoms in total. The summed E-state index contributed by atoms with van der Waals surface area (Å²) in [6.45, 7) is 8.33. The molecule has 71 heavy (non-hydrogen) atoms. The van der Waals surface area contributed by atoms with Crippen LogP contribution in [0.3, 0.4) is 0 Å². The number of carboxylic acid groups (broad SMARTS) is 1. The third kappa shape index (κ3) is 16.4. The van der Waals surface area contributed by atoms with Gasteiger partial charge >= 0.3 is 5.97 Å². The fraction of sp³-hybridized carbons (Fsp3) is 0.404. The second-order valence-corrected chi connectivity index (χ2v) is 18.5. The number of rotatable bonds is 28. The van der Waals surface area contributed by atoms with Crippen molar-refractivity contribution < 1.29 is 57.5 Å². The maximum absolute atomic E-state index is 15.6. The number of anilines is 1. The van der Waals surface area contributed by atoms with E-state index in [2.05, 4.69) is 26.3 Å². The Balaban J connectivity index is 0.948. The predicted octanol–water partition coefficient (Wildman–Crippen LogP) is 5.84. The topological polar surface area (TPSA) is 242 Å². The number of nitrogens with two attached hydrogens (primary N) is 1. The van der Waals surface area contributed by atoms with Crippen molar-refractivity contribution in [2.45, 2.75) is 70.2 Å². The highest BCUT2D eigenvalue weighted by atomic mass is 32.1. The first-order chi connectivity index (χ1) is 34.2. The number of fused-ring (bicyclic) bond motifs is 1. The van der Waals surface area contributed by atoms with Crippen molar-refractivity contribution >= 4 is 40.2 Å². The number of ether oxygens (including phenoxy) is 5. The van der Waals surface area contributed by atoms with E-state index in [0.29, 0.717) is 48.0 Å². The lowest BCUT2D eigenvalue weighted by atomic mass is 9.81. The van der Waals surface area contributed by atoms with Crippen LogP contribution in [0, 0.1) is 11.7 Å². The zero-order chi connectivity index (χ0) is 50.8. The number of aliphatic hydroxyl groups excluding tert-OH is 1. The summed E-state index contributed by atoms with van der Waals surface area (Å²) in [6, 6.07) is 21.7. The van der Waals surface area contributed by atoms with Gasteiger partial charge in [-0.05, 0) is 90.8 Å². The van der Waals surface area contributed by atoms with Crippen molar-refractivity contribution in [1.29, 1.82) is 0 Å². The summed E-state index contributed by atoms with van der Waals surface area (Å²) in [5, 5.41) is 33.9. The van der Waals surface area contributed by atoms with Crippen molar-refractivity contribution in [1.82, 2.24) is 20.9 Å².